The summed E-state index contributed by atoms with van der Waals surface area (Å²) < 4.78 is 27.2. The van der Waals surface area contributed by atoms with Gasteiger partial charge in [-0.2, -0.15) is 0 Å². The summed E-state index contributed by atoms with van der Waals surface area (Å²) in [7, 11) is -0.139. The molecule has 6 nitrogen and oxygen atoms in total. The zero-order valence-corrected chi connectivity index (χ0v) is 13.7. The lowest BCUT2D eigenvalue weighted by Crippen LogP contribution is -2.27. The molecule has 7 heteroatoms. The predicted molar refractivity (Wildman–Crippen MR) is 85.7 cm³/mol. The minimum atomic E-state index is -3.23. The molecule has 0 amide bonds. The number of fused-ring (bicyclic) bond motifs is 1. The largest absolute Gasteiger partial charge is 0.399 e. The summed E-state index contributed by atoms with van der Waals surface area (Å²) in [5, 5.41) is 0. The molecular formula is C14H22N4O2S. The van der Waals surface area contributed by atoms with E-state index < -0.39 is 10.0 Å². The van der Waals surface area contributed by atoms with Crippen LogP contribution in [0.5, 0.6) is 0 Å². The molecule has 0 aliphatic heterocycles. The van der Waals surface area contributed by atoms with Gasteiger partial charge in [0.15, 0.2) is 0 Å². The minimum Gasteiger partial charge on any atom is -0.399 e. The quantitative estimate of drug-likeness (QED) is 0.851. The molecule has 2 aromatic rings. The monoisotopic (exact) mass is 310 g/mol. The lowest BCUT2D eigenvalue weighted by molar-refractivity contribution is 0.514. The van der Waals surface area contributed by atoms with Gasteiger partial charge in [0.1, 0.15) is 5.82 Å². The third kappa shape index (κ3) is 3.19. The zero-order valence-electron chi connectivity index (χ0n) is 12.9. The molecule has 1 heterocycles. The minimum absolute atomic E-state index is 0.0511. The number of nitrogens with two attached hydrogens (primary N) is 1. The number of anilines is 1. The SMILES string of the molecule is CC(C)c1nc2cc(N)ccc2n1CCS(=O)(=O)N(C)C. The molecular weight excluding hydrogens is 288 g/mol. The van der Waals surface area contributed by atoms with E-state index in [1.54, 1.807) is 14.1 Å². The van der Waals surface area contributed by atoms with Crippen LogP contribution in [-0.4, -0.2) is 42.1 Å². The number of hydrogen-bond donors (Lipinski definition) is 1. The number of benzene rings is 1. The third-order valence-corrected chi connectivity index (χ3v) is 5.26. The first-order chi connectivity index (χ1) is 9.72. The number of hydrogen-bond acceptors (Lipinski definition) is 4. The van der Waals surface area contributed by atoms with Gasteiger partial charge in [-0.25, -0.2) is 17.7 Å². The van der Waals surface area contributed by atoms with Crippen LogP contribution in [0.2, 0.25) is 0 Å². The maximum Gasteiger partial charge on any atom is 0.215 e. The smallest absolute Gasteiger partial charge is 0.215 e. The molecule has 0 unspecified atom stereocenters. The Morgan fingerprint density at radius 3 is 2.57 bits per heavy atom. The van der Waals surface area contributed by atoms with Gasteiger partial charge in [0.2, 0.25) is 10.0 Å². The van der Waals surface area contributed by atoms with Gasteiger partial charge in [-0.15, -0.1) is 0 Å². The Balaban J connectivity index is 2.44. The van der Waals surface area contributed by atoms with E-state index in [1.165, 1.54) is 4.31 Å². The number of aryl methyl sites for hydroxylation is 1. The number of sulfonamides is 1. The highest BCUT2D eigenvalue weighted by Gasteiger charge is 2.18. The van der Waals surface area contributed by atoms with Crippen molar-refractivity contribution in [3.05, 3.63) is 24.0 Å². The fraction of sp³-hybridized carbons (Fsp3) is 0.500. The van der Waals surface area contributed by atoms with Crippen molar-refractivity contribution >= 4 is 26.7 Å². The average molecular weight is 310 g/mol. The van der Waals surface area contributed by atoms with E-state index in [0.29, 0.717) is 12.2 Å². The van der Waals surface area contributed by atoms with Gasteiger partial charge in [0.25, 0.3) is 0 Å². The molecule has 0 aliphatic carbocycles. The van der Waals surface area contributed by atoms with Crippen LogP contribution in [0.25, 0.3) is 11.0 Å². The van der Waals surface area contributed by atoms with Crippen LogP contribution < -0.4 is 5.73 Å². The second-order valence-electron chi connectivity index (χ2n) is 5.62. The summed E-state index contributed by atoms with van der Waals surface area (Å²) in [6.07, 6.45) is 0. The summed E-state index contributed by atoms with van der Waals surface area (Å²) in [5.41, 5.74) is 8.17. The van der Waals surface area contributed by atoms with E-state index in [1.807, 2.05) is 36.6 Å². The maximum absolute atomic E-state index is 12.0. The zero-order chi connectivity index (χ0) is 15.8. The Morgan fingerprint density at radius 1 is 1.33 bits per heavy atom. The van der Waals surface area contributed by atoms with Crippen LogP contribution in [0.15, 0.2) is 18.2 Å². The first-order valence-electron chi connectivity index (χ1n) is 6.88. The van der Waals surface area contributed by atoms with Crippen LogP contribution in [-0.2, 0) is 16.6 Å². The van der Waals surface area contributed by atoms with Crippen molar-refractivity contribution < 1.29 is 8.42 Å². The summed E-state index contributed by atoms with van der Waals surface area (Å²) in [4.78, 5) is 4.59. The second-order valence-corrected chi connectivity index (χ2v) is 7.93. The van der Waals surface area contributed by atoms with Crippen molar-refractivity contribution in [2.45, 2.75) is 26.3 Å². The predicted octanol–water partition coefficient (Wildman–Crippen LogP) is 1.63. The highest BCUT2D eigenvalue weighted by molar-refractivity contribution is 7.89. The summed E-state index contributed by atoms with van der Waals surface area (Å²) in [5.74, 6) is 1.14. The van der Waals surface area contributed by atoms with Crippen LogP contribution in [0.4, 0.5) is 5.69 Å². The van der Waals surface area contributed by atoms with Crippen LogP contribution in [0, 0.1) is 0 Å². The molecule has 0 bridgehead atoms. The van der Waals surface area contributed by atoms with Crippen molar-refractivity contribution in [1.29, 1.82) is 0 Å². The van der Waals surface area contributed by atoms with Gasteiger partial charge >= 0.3 is 0 Å². The van der Waals surface area contributed by atoms with Crippen LogP contribution >= 0.6 is 0 Å². The van der Waals surface area contributed by atoms with Gasteiger partial charge in [-0.3, -0.25) is 0 Å². The molecule has 0 spiro atoms. The van der Waals surface area contributed by atoms with Gasteiger partial charge < -0.3 is 10.3 Å². The van der Waals surface area contributed by atoms with E-state index in [4.69, 9.17) is 5.73 Å². The molecule has 0 fully saturated rings. The number of aromatic nitrogens is 2. The van der Waals surface area contributed by atoms with E-state index >= 15 is 0 Å². The first kappa shape index (κ1) is 15.8. The number of nitrogens with zero attached hydrogens (tertiary/aromatic N) is 3. The Hall–Kier alpha value is -1.60. The second kappa shape index (κ2) is 5.65. The van der Waals surface area contributed by atoms with Crippen molar-refractivity contribution in [3.63, 3.8) is 0 Å². The third-order valence-electron chi connectivity index (χ3n) is 3.45. The summed E-state index contributed by atoms with van der Waals surface area (Å²) >= 11 is 0. The molecule has 0 saturated heterocycles. The molecule has 0 saturated carbocycles. The molecule has 2 N–H and O–H groups in total. The Labute approximate surface area is 125 Å². The van der Waals surface area contributed by atoms with Crippen molar-refractivity contribution in [1.82, 2.24) is 13.9 Å². The van der Waals surface area contributed by atoms with E-state index in [0.717, 1.165) is 16.9 Å². The highest BCUT2D eigenvalue weighted by atomic mass is 32.2. The number of imidazole rings is 1. The molecule has 116 valence electrons. The van der Waals surface area contributed by atoms with Crippen molar-refractivity contribution in [2.24, 2.45) is 0 Å². The molecule has 2 rings (SSSR count). The molecule has 1 aromatic carbocycles. The molecule has 0 radical (unpaired) electrons. The highest BCUT2D eigenvalue weighted by Crippen LogP contribution is 2.23. The van der Waals surface area contributed by atoms with Crippen LogP contribution in [0.1, 0.15) is 25.6 Å². The fourth-order valence-corrected chi connectivity index (χ4v) is 3.01. The standard InChI is InChI=1S/C14H22N4O2S/c1-10(2)14-16-12-9-11(15)5-6-13(12)18(14)7-8-21(19,20)17(3)4/h5-6,9-10H,7-8,15H2,1-4H3. The van der Waals surface area contributed by atoms with E-state index in [9.17, 15) is 8.42 Å². The lowest BCUT2D eigenvalue weighted by atomic mass is 10.2. The molecule has 21 heavy (non-hydrogen) atoms. The van der Waals surface area contributed by atoms with E-state index in [-0.39, 0.29) is 11.7 Å². The molecule has 1 aromatic heterocycles. The van der Waals surface area contributed by atoms with E-state index in [2.05, 4.69) is 4.98 Å². The molecule has 0 aliphatic rings. The number of nitrogen functional groups attached to an aromatic ring is 1. The average Bonchev–Trinajstić information content (AvgIpc) is 2.74. The normalized spacial score (nSPS) is 12.7. The summed E-state index contributed by atoms with van der Waals surface area (Å²) in [6.45, 7) is 4.47. The van der Waals surface area contributed by atoms with Crippen molar-refractivity contribution in [2.75, 3.05) is 25.6 Å². The molecule has 0 atom stereocenters. The Kier molecular flexibility index (Phi) is 4.25. The fourth-order valence-electron chi connectivity index (χ4n) is 2.23. The maximum atomic E-state index is 12.0. The Morgan fingerprint density at radius 2 is 2.00 bits per heavy atom. The first-order valence-corrected chi connectivity index (χ1v) is 8.49. The van der Waals surface area contributed by atoms with Gasteiger partial charge in [0, 0.05) is 32.2 Å². The summed E-state index contributed by atoms with van der Waals surface area (Å²) in [6, 6.07) is 5.52. The topological polar surface area (TPSA) is 81.2 Å². The van der Waals surface area contributed by atoms with Gasteiger partial charge in [-0.1, -0.05) is 13.8 Å². The van der Waals surface area contributed by atoms with Gasteiger partial charge in [0.05, 0.1) is 16.8 Å². The lowest BCUT2D eigenvalue weighted by Gasteiger charge is -2.14. The van der Waals surface area contributed by atoms with Crippen molar-refractivity contribution in [3.8, 4) is 0 Å². The van der Waals surface area contributed by atoms with Gasteiger partial charge in [-0.05, 0) is 18.2 Å². The Bertz CT molecular complexity index is 748. The van der Waals surface area contributed by atoms with Crippen LogP contribution in [0.3, 0.4) is 0 Å². The number of rotatable bonds is 5.